The van der Waals surface area contributed by atoms with Gasteiger partial charge >= 0.3 is 12.1 Å². The normalized spacial score (nSPS) is 22.7. The summed E-state index contributed by atoms with van der Waals surface area (Å²) in [4.78, 5) is 25.2. The molecule has 2 heterocycles. The number of hydrogen-bond acceptors (Lipinski definition) is 3. The zero-order valence-electron chi connectivity index (χ0n) is 13.9. The predicted molar refractivity (Wildman–Crippen MR) is 81.1 cm³/mol. The number of halogens is 3. The zero-order chi connectivity index (χ0) is 18.4. The van der Waals surface area contributed by atoms with Crippen LogP contribution in [0.4, 0.5) is 13.2 Å². The minimum atomic E-state index is -4.25. The molecule has 2 fully saturated rings. The van der Waals surface area contributed by atoms with Crippen LogP contribution in [0.25, 0.3) is 0 Å². The molecule has 0 aromatic carbocycles. The molecule has 1 aliphatic carbocycles. The fourth-order valence-corrected chi connectivity index (χ4v) is 4.19. The van der Waals surface area contributed by atoms with Crippen LogP contribution in [-0.2, 0) is 11.2 Å². The summed E-state index contributed by atoms with van der Waals surface area (Å²) in [7, 11) is 0. The van der Waals surface area contributed by atoms with Crippen LogP contribution in [0.15, 0.2) is 10.7 Å². The van der Waals surface area contributed by atoms with Crippen molar-refractivity contribution < 1.29 is 32.3 Å². The Bertz CT molecular complexity index is 691. The van der Waals surface area contributed by atoms with Gasteiger partial charge in [-0.05, 0) is 31.6 Å². The van der Waals surface area contributed by atoms with Gasteiger partial charge in [0.25, 0.3) is 5.91 Å². The van der Waals surface area contributed by atoms with E-state index in [9.17, 15) is 22.8 Å². The van der Waals surface area contributed by atoms with Crippen LogP contribution < -0.4 is 0 Å². The van der Waals surface area contributed by atoms with E-state index in [0.717, 1.165) is 6.42 Å². The second kappa shape index (κ2) is 6.07. The van der Waals surface area contributed by atoms with Crippen molar-refractivity contribution in [3.05, 3.63) is 23.2 Å². The van der Waals surface area contributed by atoms with E-state index in [2.05, 4.69) is 0 Å². The van der Waals surface area contributed by atoms with E-state index >= 15 is 0 Å². The van der Waals surface area contributed by atoms with Crippen molar-refractivity contribution in [3.8, 4) is 0 Å². The Balaban J connectivity index is 1.83. The highest BCUT2D eigenvalue weighted by Crippen LogP contribution is 2.56. The minimum Gasteiger partial charge on any atom is -0.481 e. The number of amides is 1. The minimum absolute atomic E-state index is 0.0158. The number of aliphatic carboxylic acids is 1. The van der Waals surface area contributed by atoms with E-state index in [1.165, 1.54) is 11.2 Å². The molecule has 3 rings (SSSR count). The van der Waals surface area contributed by atoms with Crippen LogP contribution in [0.5, 0.6) is 0 Å². The van der Waals surface area contributed by atoms with E-state index in [-0.39, 0.29) is 30.8 Å². The third kappa shape index (κ3) is 3.14. The van der Waals surface area contributed by atoms with E-state index in [1.54, 1.807) is 6.92 Å². The lowest BCUT2D eigenvalue weighted by molar-refractivity contribution is -0.235. The number of furan rings is 1. The van der Waals surface area contributed by atoms with E-state index in [0.29, 0.717) is 18.4 Å². The van der Waals surface area contributed by atoms with Crippen LogP contribution in [0.2, 0.25) is 0 Å². The molecule has 2 aliphatic rings. The van der Waals surface area contributed by atoms with Gasteiger partial charge in [0.1, 0.15) is 12.2 Å². The van der Waals surface area contributed by atoms with Gasteiger partial charge in [0.05, 0.1) is 17.7 Å². The molecular formula is C17H20F3NO4. The van der Waals surface area contributed by atoms with Gasteiger partial charge in [0.2, 0.25) is 0 Å². The Morgan fingerprint density at radius 2 is 2.08 bits per heavy atom. The van der Waals surface area contributed by atoms with Gasteiger partial charge in [-0.1, -0.05) is 6.42 Å². The van der Waals surface area contributed by atoms with Crippen LogP contribution >= 0.6 is 0 Å². The first-order chi connectivity index (χ1) is 11.6. The number of carbonyl (C=O) groups excluding carboxylic acids is 1. The van der Waals surface area contributed by atoms with Gasteiger partial charge in [0, 0.05) is 18.7 Å². The van der Waals surface area contributed by atoms with E-state index in [4.69, 9.17) is 9.52 Å². The molecule has 1 unspecified atom stereocenters. The molecule has 5 nitrogen and oxygen atoms in total. The Hall–Kier alpha value is -1.99. The number of carboxylic acids is 1. The van der Waals surface area contributed by atoms with Gasteiger partial charge in [0.15, 0.2) is 0 Å². The first-order valence-electron chi connectivity index (χ1n) is 8.29. The summed E-state index contributed by atoms with van der Waals surface area (Å²) < 4.78 is 45.2. The molecule has 138 valence electrons. The molecule has 1 atom stereocenters. The average molecular weight is 359 g/mol. The molecule has 1 saturated heterocycles. The van der Waals surface area contributed by atoms with Crippen LogP contribution in [0.1, 0.15) is 47.4 Å². The number of likely N-dealkylation sites (tertiary alicyclic amines) is 1. The van der Waals surface area contributed by atoms with Gasteiger partial charge in [-0.25, -0.2) is 0 Å². The Morgan fingerprint density at radius 3 is 2.60 bits per heavy atom. The summed E-state index contributed by atoms with van der Waals surface area (Å²) in [6.45, 7) is 1.71. The van der Waals surface area contributed by atoms with Crippen LogP contribution in [0, 0.1) is 18.3 Å². The second-order valence-corrected chi connectivity index (χ2v) is 7.11. The number of hydrogen-bond donors (Lipinski definition) is 1. The molecule has 1 spiro atoms. The molecule has 1 aliphatic heterocycles. The number of aryl methyl sites for hydroxylation is 1. The van der Waals surface area contributed by atoms with Crippen molar-refractivity contribution in [3.63, 3.8) is 0 Å². The molecule has 1 N–H and O–H groups in total. The van der Waals surface area contributed by atoms with Gasteiger partial charge in [-0.15, -0.1) is 0 Å². The number of rotatable bonds is 3. The highest BCUT2D eigenvalue weighted by atomic mass is 19.4. The summed E-state index contributed by atoms with van der Waals surface area (Å²) in [5.74, 6) is -2.89. The van der Waals surface area contributed by atoms with E-state index in [1.807, 2.05) is 0 Å². The fraction of sp³-hybridized carbons (Fsp3) is 0.647. The third-order valence-corrected chi connectivity index (χ3v) is 5.54. The summed E-state index contributed by atoms with van der Waals surface area (Å²) in [6.07, 6.45) is -1.81. The number of carboxylic acid groups (broad SMARTS) is 1. The van der Waals surface area contributed by atoms with Crippen molar-refractivity contribution in [2.75, 3.05) is 13.1 Å². The lowest BCUT2D eigenvalue weighted by Gasteiger charge is -2.54. The van der Waals surface area contributed by atoms with Crippen LogP contribution in [-0.4, -0.2) is 41.1 Å². The van der Waals surface area contributed by atoms with Crippen molar-refractivity contribution in [2.24, 2.45) is 11.3 Å². The fourth-order valence-electron chi connectivity index (χ4n) is 4.19. The maximum atomic E-state index is 13.3. The molecule has 1 amide bonds. The van der Waals surface area contributed by atoms with Crippen molar-refractivity contribution >= 4 is 11.9 Å². The molecule has 8 heteroatoms. The summed E-state index contributed by atoms with van der Waals surface area (Å²) >= 11 is 0. The van der Waals surface area contributed by atoms with Crippen molar-refractivity contribution in [1.82, 2.24) is 4.90 Å². The Morgan fingerprint density at radius 1 is 1.40 bits per heavy atom. The standard InChI is InChI=1S/C17H20F3NO4/c1-10-8-25-11(7-13(22)23)14(10)15(24)21-6-3-12(17(18,19)20)16(9-21)4-2-5-16/h8,12H,2-7,9H2,1H3,(H,22,23). The Kier molecular flexibility index (Phi) is 4.33. The molecule has 1 aromatic heterocycles. The summed E-state index contributed by atoms with van der Waals surface area (Å²) in [6, 6.07) is 0. The van der Waals surface area contributed by atoms with Crippen molar-refractivity contribution in [1.29, 1.82) is 0 Å². The van der Waals surface area contributed by atoms with Crippen LogP contribution in [0.3, 0.4) is 0 Å². The lowest BCUT2D eigenvalue weighted by atomic mass is 9.58. The monoisotopic (exact) mass is 359 g/mol. The highest BCUT2D eigenvalue weighted by Gasteiger charge is 2.58. The SMILES string of the molecule is Cc1coc(CC(=O)O)c1C(=O)N1CCC(C(F)(F)F)C2(CCC2)C1. The second-order valence-electron chi connectivity index (χ2n) is 7.11. The summed E-state index contributed by atoms with van der Waals surface area (Å²) in [5.41, 5.74) is -0.222. The first-order valence-corrected chi connectivity index (χ1v) is 8.29. The summed E-state index contributed by atoms with van der Waals surface area (Å²) in [5, 5.41) is 8.94. The largest absolute Gasteiger partial charge is 0.481 e. The molecule has 0 radical (unpaired) electrons. The number of alkyl halides is 3. The molecule has 25 heavy (non-hydrogen) atoms. The van der Waals surface area contributed by atoms with Gasteiger partial charge in [-0.2, -0.15) is 13.2 Å². The highest BCUT2D eigenvalue weighted by molar-refractivity contribution is 5.97. The first kappa shape index (κ1) is 17.8. The molecule has 0 bridgehead atoms. The molecular weight excluding hydrogens is 339 g/mol. The number of carbonyl (C=O) groups is 2. The predicted octanol–water partition coefficient (Wildman–Crippen LogP) is 3.41. The van der Waals surface area contributed by atoms with Crippen molar-refractivity contribution in [2.45, 2.75) is 45.2 Å². The van der Waals surface area contributed by atoms with E-state index < -0.39 is 35.8 Å². The molecule has 1 saturated carbocycles. The lowest BCUT2D eigenvalue weighted by Crippen LogP contribution is -2.57. The third-order valence-electron chi connectivity index (χ3n) is 5.54. The number of piperidine rings is 1. The van der Waals surface area contributed by atoms with Gasteiger partial charge in [-0.3, -0.25) is 9.59 Å². The Labute approximate surface area is 142 Å². The average Bonchev–Trinajstić information content (AvgIpc) is 2.83. The maximum Gasteiger partial charge on any atom is 0.392 e. The zero-order valence-corrected chi connectivity index (χ0v) is 13.9. The maximum absolute atomic E-state index is 13.3. The molecule has 1 aromatic rings. The number of nitrogens with zero attached hydrogens (tertiary/aromatic N) is 1. The quantitative estimate of drug-likeness (QED) is 0.898. The van der Waals surface area contributed by atoms with Gasteiger partial charge < -0.3 is 14.4 Å². The smallest absolute Gasteiger partial charge is 0.392 e. The topological polar surface area (TPSA) is 70.7 Å².